The van der Waals surface area contributed by atoms with Crippen LogP contribution >= 0.6 is 11.3 Å². The van der Waals surface area contributed by atoms with Crippen LogP contribution in [0.3, 0.4) is 0 Å². The van der Waals surface area contributed by atoms with Gasteiger partial charge in [-0.3, -0.25) is 9.59 Å². The smallest absolute Gasteiger partial charge is 0.246 e. The van der Waals surface area contributed by atoms with E-state index in [0.29, 0.717) is 12.5 Å². The van der Waals surface area contributed by atoms with Gasteiger partial charge in [0, 0.05) is 11.6 Å². The SMILES string of the molecule is CC(C)C1C(=O)NC(C2CC2)C(=O)N1Cc1nccs1. The second-order valence-electron chi connectivity index (χ2n) is 5.90. The van der Waals surface area contributed by atoms with Crippen molar-refractivity contribution in [3.05, 3.63) is 16.6 Å². The third kappa shape index (κ3) is 2.44. The van der Waals surface area contributed by atoms with E-state index in [9.17, 15) is 9.59 Å². The summed E-state index contributed by atoms with van der Waals surface area (Å²) in [4.78, 5) is 31.0. The van der Waals surface area contributed by atoms with Gasteiger partial charge in [-0.05, 0) is 24.7 Å². The van der Waals surface area contributed by atoms with E-state index in [-0.39, 0.29) is 29.8 Å². The highest BCUT2D eigenvalue weighted by atomic mass is 32.1. The van der Waals surface area contributed by atoms with Crippen LogP contribution in [0.5, 0.6) is 0 Å². The summed E-state index contributed by atoms with van der Waals surface area (Å²) in [5, 5.41) is 5.70. The number of piperazine rings is 1. The van der Waals surface area contributed by atoms with Gasteiger partial charge in [0.2, 0.25) is 11.8 Å². The Morgan fingerprint density at radius 1 is 1.45 bits per heavy atom. The average molecular weight is 293 g/mol. The first kappa shape index (κ1) is 13.5. The maximum Gasteiger partial charge on any atom is 0.246 e. The Kier molecular flexibility index (Phi) is 3.50. The number of hydrogen-bond donors (Lipinski definition) is 1. The van der Waals surface area contributed by atoms with E-state index >= 15 is 0 Å². The minimum absolute atomic E-state index is 0.0203. The summed E-state index contributed by atoms with van der Waals surface area (Å²) in [5.41, 5.74) is 0. The minimum atomic E-state index is -0.388. The van der Waals surface area contributed by atoms with E-state index in [2.05, 4.69) is 10.3 Å². The van der Waals surface area contributed by atoms with Crippen LogP contribution in [0.25, 0.3) is 0 Å². The second-order valence-corrected chi connectivity index (χ2v) is 6.88. The van der Waals surface area contributed by atoms with Crippen molar-refractivity contribution in [2.45, 2.75) is 45.3 Å². The van der Waals surface area contributed by atoms with Crippen LogP contribution in [-0.4, -0.2) is 33.8 Å². The van der Waals surface area contributed by atoms with Gasteiger partial charge in [-0.2, -0.15) is 0 Å². The van der Waals surface area contributed by atoms with Crippen molar-refractivity contribution in [1.29, 1.82) is 0 Å². The molecule has 1 saturated carbocycles. The quantitative estimate of drug-likeness (QED) is 0.913. The number of aromatic nitrogens is 1. The average Bonchev–Trinajstić information content (AvgIpc) is 3.11. The number of thiazole rings is 1. The molecule has 1 aliphatic carbocycles. The number of nitrogens with one attached hydrogen (secondary N) is 1. The highest BCUT2D eigenvalue weighted by Crippen LogP contribution is 2.36. The number of hydrogen-bond acceptors (Lipinski definition) is 4. The topological polar surface area (TPSA) is 62.3 Å². The molecule has 2 amide bonds. The van der Waals surface area contributed by atoms with E-state index in [4.69, 9.17) is 0 Å². The lowest BCUT2D eigenvalue weighted by Gasteiger charge is -2.40. The molecule has 0 radical (unpaired) electrons. The summed E-state index contributed by atoms with van der Waals surface area (Å²) in [7, 11) is 0. The van der Waals surface area contributed by atoms with Crippen LogP contribution < -0.4 is 5.32 Å². The van der Waals surface area contributed by atoms with Crippen LogP contribution in [-0.2, 0) is 16.1 Å². The van der Waals surface area contributed by atoms with Gasteiger partial charge in [-0.15, -0.1) is 11.3 Å². The highest BCUT2D eigenvalue weighted by Gasteiger charge is 2.47. The molecule has 0 spiro atoms. The zero-order chi connectivity index (χ0) is 14.3. The molecule has 1 saturated heterocycles. The summed E-state index contributed by atoms with van der Waals surface area (Å²) >= 11 is 1.52. The molecular weight excluding hydrogens is 274 g/mol. The first-order valence-corrected chi connectivity index (χ1v) is 7.95. The number of carbonyl (C=O) groups excluding carboxylic acids is 2. The largest absolute Gasteiger partial charge is 0.342 e. The third-order valence-electron chi connectivity index (χ3n) is 3.97. The van der Waals surface area contributed by atoms with E-state index in [1.54, 1.807) is 11.1 Å². The second kappa shape index (κ2) is 5.16. The lowest BCUT2D eigenvalue weighted by Crippen LogP contribution is -2.65. The Bertz CT molecular complexity index is 510. The zero-order valence-corrected chi connectivity index (χ0v) is 12.5. The van der Waals surface area contributed by atoms with Gasteiger partial charge < -0.3 is 10.2 Å². The van der Waals surface area contributed by atoms with E-state index in [0.717, 1.165) is 17.8 Å². The minimum Gasteiger partial charge on any atom is -0.342 e. The summed E-state index contributed by atoms with van der Waals surface area (Å²) in [6.45, 7) is 4.39. The molecule has 5 nitrogen and oxygen atoms in total. The first-order valence-electron chi connectivity index (χ1n) is 7.07. The maximum absolute atomic E-state index is 12.7. The molecule has 108 valence electrons. The van der Waals surface area contributed by atoms with Crippen LogP contribution in [0.4, 0.5) is 0 Å². The molecule has 1 aliphatic heterocycles. The fraction of sp³-hybridized carbons (Fsp3) is 0.643. The van der Waals surface area contributed by atoms with Gasteiger partial charge in [0.15, 0.2) is 0 Å². The molecule has 6 heteroatoms. The predicted octanol–water partition coefficient (Wildman–Crippen LogP) is 1.40. The Morgan fingerprint density at radius 2 is 2.20 bits per heavy atom. The van der Waals surface area contributed by atoms with Gasteiger partial charge in [0.1, 0.15) is 17.1 Å². The first-order chi connectivity index (χ1) is 9.58. The summed E-state index contributed by atoms with van der Waals surface area (Å²) in [6.07, 6.45) is 3.81. The molecule has 2 atom stereocenters. The molecule has 2 unspecified atom stereocenters. The van der Waals surface area contributed by atoms with Crippen LogP contribution in [0.1, 0.15) is 31.7 Å². The molecule has 1 aromatic heterocycles. The van der Waals surface area contributed by atoms with Gasteiger partial charge >= 0.3 is 0 Å². The molecule has 1 aromatic rings. The van der Waals surface area contributed by atoms with Crippen molar-refractivity contribution in [3.8, 4) is 0 Å². The summed E-state index contributed by atoms with van der Waals surface area (Å²) in [6, 6.07) is -0.709. The Hall–Kier alpha value is -1.43. The monoisotopic (exact) mass is 293 g/mol. The maximum atomic E-state index is 12.7. The lowest BCUT2D eigenvalue weighted by atomic mass is 9.95. The Balaban J connectivity index is 1.86. The van der Waals surface area contributed by atoms with Crippen molar-refractivity contribution in [2.24, 2.45) is 11.8 Å². The molecule has 0 aromatic carbocycles. The normalized spacial score (nSPS) is 27.1. The van der Waals surface area contributed by atoms with E-state index in [1.165, 1.54) is 11.3 Å². The third-order valence-corrected chi connectivity index (χ3v) is 4.73. The number of amides is 2. The summed E-state index contributed by atoms with van der Waals surface area (Å²) < 4.78 is 0. The zero-order valence-electron chi connectivity index (χ0n) is 11.7. The van der Waals surface area contributed by atoms with Crippen molar-refractivity contribution in [3.63, 3.8) is 0 Å². The van der Waals surface area contributed by atoms with Crippen LogP contribution in [0.2, 0.25) is 0 Å². The van der Waals surface area contributed by atoms with Crippen molar-refractivity contribution in [2.75, 3.05) is 0 Å². The predicted molar refractivity (Wildman–Crippen MR) is 75.9 cm³/mol. The Morgan fingerprint density at radius 3 is 2.75 bits per heavy atom. The molecule has 20 heavy (non-hydrogen) atoms. The van der Waals surface area contributed by atoms with Crippen LogP contribution in [0, 0.1) is 11.8 Å². The van der Waals surface area contributed by atoms with E-state index in [1.807, 2.05) is 19.2 Å². The van der Waals surface area contributed by atoms with Gasteiger partial charge in [0.05, 0.1) is 6.54 Å². The van der Waals surface area contributed by atoms with Crippen molar-refractivity contribution >= 4 is 23.2 Å². The standard InChI is InChI=1S/C14H19N3O2S/c1-8(2)12-13(18)16-11(9-3-4-9)14(19)17(12)7-10-15-5-6-20-10/h5-6,8-9,11-12H,3-4,7H2,1-2H3,(H,16,18). The van der Waals surface area contributed by atoms with Gasteiger partial charge in [-0.25, -0.2) is 4.98 Å². The number of nitrogens with zero attached hydrogens (tertiary/aromatic N) is 2. The van der Waals surface area contributed by atoms with Gasteiger partial charge in [-0.1, -0.05) is 13.8 Å². The molecule has 1 N–H and O–H groups in total. The molecule has 0 bridgehead atoms. The number of rotatable bonds is 4. The molecule has 2 fully saturated rings. The molecule has 3 rings (SSSR count). The number of carbonyl (C=O) groups is 2. The van der Waals surface area contributed by atoms with Crippen molar-refractivity contribution in [1.82, 2.24) is 15.2 Å². The van der Waals surface area contributed by atoms with Crippen LogP contribution in [0.15, 0.2) is 11.6 Å². The summed E-state index contributed by atoms with van der Waals surface area (Å²) in [5.74, 6) is 0.464. The Labute approximate surface area is 122 Å². The fourth-order valence-electron chi connectivity index (χ4n) is 2.82. The fourth-order valence-corrected chi connectivity index (χ4v) is 3.44. The molecular formula is C14H19N3O2S. The molecule has 2 aliphatic rings. The van der Waals surface area contributed by atoms with E-state index < -0.39 is 0 Å². The highest BCUT2D eigenvalue weighted by molar-refractivity contribution is 7.09. The van der Waals surface area contributed by atoms with Gasteiger partial charge in [0.25, 0.3) is 0 Å². The lowest BCUT2D eigenvalue weighted by molar-refractivity contribution is -0.152. The molecule has 2 heterocycles. The van der Waals surface area contributed by atoms with Crippen molar-refractivity contribution < 1.29 is 9.59 Å².